The fraction of sp³-hybridized carbons (Fsp3) is 0.357. The smallest absolute Gasteiger partial charge is 0.270 e. The van der Waals surface area contributed by atoms with Crippen molar-refractivity contribution in [3.8, 4) is 0 Å². The summed E-state index contributed by atoms with van der Waals surface area (Å²) in [6.07, 6.45) is 1.95. The van der Waals surface area contributed by atoms with E-state index in [1.54, 1.807) is 16.2 Å². The average Bonchev–Trinajstić information content (AvgIpc) is 2.97. The minimum absolute atomic E-state index is 0.0585. The second-order valence-electron chi connectivity index (χ2n) is 4.79. The molecule has 0 radical (unpaired) electrons. The Labute approximate surface area is 126 Å². The fourth-order valence-electron chi connectivity index (χ4n) is 1.96. The summed E-state index contributed by atoms with van der Waals surface area (Å²) in [7, 11) is 1.84. The molecule has 1 amide bonds. The van der Waals surface area contributed by atoms with Crippen molar-refractivity contribution in [2.24, 2.45) is 0 Å². The summed E-state index contributed by atoms with van der Waals surface area (Å²) < 4.78 is 3.07. The molecule has 0 aliphatic rings. The van der Waals surface area contributed by atoms with E-state index in [9.17, 15) is 4.79 Å². The number of nitrogens with zero attached hydrogens (tertiary/aromatic N) is 2. The summed E-state index contributed by atoms with van der Waals surface area (Å²) in [6.45, 7) is 4.79. The third-order valence-electron chi connectivity index (χ3n) is 2.92. The Bertz CT molecular complexity index is 574. The van der Waals surface area contributed by atoms with E-state index in [4.69, 9.17) is 0 Å². The molecule has 0 saturated heterocycles. The van der Waals surface area contributed by atoms with Crippen molar-refractivity contribution in [3.05, 3.63) is 44.8 Å². The van der Waals surface area contributed by atoms with Crippen LogP contribution < -0.4 is 0 Å². The van der Waals surface area contributed by atoms with Crippen LogP contribution >= 0.6 is 27.3 Å². The van der Waals surface area contributed by atoms with Gasteiger partial charge in [-0.1, -0.05) is 0 Å². The third kappa shape index (κ3) is 3.28. The molecule has 3 nitrogen and oxygen atoms in total. The Morgan fingerprint density at radius 3 is 2.84 bits per heavy atom. The monoisotopic (exact) mass is 340 g/mol. The molecule has 0 saturated carbocycles. The topological polar surface area (TPSA) is 25.2 Å². The molecule has 0 unspecified atom stereocenters. The molecule has 0 aliphatic carbocycles. The summed E-state index contributed by atoms with van der Waals surface area (Å²) in [5, 5.41) is 2.03. The van der Waals surface area contributed by atoms with Gasteiger partial charge < -0.3 is 9.47 Å². The van der Waals surface area contributed by atoms with Crippen molar-refractivity contribution < 1.29 is 4.79 Å². The Morgan fingerprint density at radius 1 is 1.53 bits per heavy atom. The van der Waals surface area contributed by atoms with Gasteiger partial charge in [-0.3, -0.25) is 4.79 Å². The summed E-state index contributed by atoms with van der Waals surface area (Å²) in [6, 6.07) is 6.14. The highest BCUT2D eigenvalue weighted by atomic mass is 79.9. The Hall–Kier alpha value is -1.07. The van der Waals surface area contributed by atoms with Gasteiger partial charge in [0.15, 0.2) is 0 Å². The van der Waals surface area contributed by atoms with Gasteiger partial charge in [0.2, 0.25) is 0 Å². The number of carbonyl (C=O) groups excluding carboxylic acids is 1. The number of rotatable bonds is 4. The average molecular weight is 341 g/mol. The number of hydrogen-bond donors (Lipinski definition) is 0. The van der Waals surface area contributed by atoms with E-state index in [2.05, 4.69) is 35.8 Å². The van der Waals surface area contributed by atoms with Gasteiger partial charge in [-0.2, -0.15) is 0 Å². The highest BCUT2D eigenvalue weighted by Gasteiger charge is 2.17. The first-order chi connectivity index (χ1) is 8.99. The zero-order chi connectivity index (χ0) is 14.0. The van der Waals surface area contributed by atoms with Gasteiger partial charge in [0.05, 0.1) is 6.54 Å². The second-order valence-corrected chi connectivity index (χ2v) is 6.70. The van der Waals surface area contributed by atoms with Crippen LogP contribution in [0.5, 0.6) is 0 Å². The molecule has 0 spiro atoms. The molecular formula is C14H17BrN2OS. The van der Waals surface area contributed by atoms with Crippen LogP contribution in [0.1, 0.15) is 35.3 Å². The molecule has 0 bridgehead atoms. The molecular weight excluding hydrogens is 324 g/mol. The second kappa shape index (κ2) is 5.92. The number of thiophene rings is 1. The first-order valence-electron chi connectivity index (χ1n) is 6.14. The van der Waals surface area contributed by atoms with E-state index in [0.717, 1.165) is 10.2 Å². The third-order valence-corrected chi connectivity index (χ3v) is 4.60. The molecule has 0 atom stereocenters. The van der Waals surface area contributed by atoms with Crippen LogP contribution in [0.3, 0.4) is 0 Å². The molecule has 2 heterocycles. The maximum atomic E-state index is 12.4. The minimum atomic E-state index is 0.0585. The predicted octanol–water partition coefficient (Wildman–Crippen LogP) is 4.17. The van der Waals surface area contributed by atoms with E-state index in [-0.39, 0.29) is 5.91 Å². The SMILES string of the molecule is CC(C)n1cccc1C(=O)N(C)Cc1cc(Br)cs1. The molecule has 0 N–H and O–H groups in total. The van der Waals surface area contributed by atoms with Crippen molar-refractivity contribution in [2.45, 2.75) is 26.4 Å². The van der Waals surface area contributed by atoms with Gasteiger partial charge in [0, 0.05) is 34.0 Å². The number of carbonyl (C=O) groups is 1. The van der Waals surface area contributed by atoms with E-state index < -0.39 is 0 Å². The van der Waals surface area contributed by atoms with E-state index in [1.165, 1.54) is 4.88 Å². The lowest BCUT2D eigenvalue weighted by atomic mass is 10.3. The molecule has 0 aliphatic heterocycles. The predicted molar refractivity (Wildman–Crippen MR) is 82.6 cm³/mol. The highest BCUT2D eigenvalue weighted by molar-refractivity contribution is 9.10. The lowest BCUT2D eigenvalue weighted by molar-refractivity contribution is 0.0774. The van der Waals surface area contributed by atoms with Crippen LogP contribution in [0.25, 0.3) is 0 Å². The van der Waals surface area contributed by atoms with Crippen molar-refractivity contribution in [1.82, 2.24) is 9.47 Å². The number of aromatic nitrogens is 1. The zero-order valence-corrected chi connectivity index (χ0v) is 13.7. The van der Waals surface area contributed by atoms with E-state index >= 15 is 0 Å². The van der Waals surface area contributed by atoms with Crippen molar-refractivity contribution in [3.63, 3.8) is 0 Å². The molecule has 2 rings (SSSR count). The van der Waals surface area contributed by atoms with Crippen LogP contribution in [0.2, 0.25) is 0 Å². The van der Waals surface area contributed by atoms with Gasteiger partial charge in [-0.05, 0) is 48.0 Å². The van der Waals surface area contributed by atoms with Crippen molar-refractivity contribution >= 4 is 33.2 Å². The lowest BCUT2D eigenvalue weighted by Gasteiger charge is -2.19. The van der Waals surface area contributed by atoms with E-state index in [1.807, 2.05) is 35.3 Å². The molecule has 2 aromatic rings. The van der Waals surface area contributed by atoms with Gasteiger partial charge >= 0.3 is 0 Å². The van der Waals surface area contributed by atoms with Crippen LogP contribution in [-0.4, -0.2) is 22.4 Å². The quantitative estimate of drug-likeness (QED) is 0.820. The summed E-state index contributed by atoms with van der Waals surface area (Å²) in [4.78, 5) is 15.4. The van der Waals surface area contributed by atoms with Crippen LogP contribution in [0, 0.1) is 0 Å². The normalized spacial score (nSPS) is 11.0. The van der Waals surface area contributed by atoms with Gasteiger partial charge in [-0.15, -0.1) is 11.3 Å². The molecule has 0 aromatic carbocycles. The molecule has 0 fully saturated rings. The first-order valence-corrected chi connectivity index (χ1v) is 7.81. The maximum Gasteiger partial charge on any atom is 0.270 e. The van der Waals surface area contributed by atoms with Crippen molar-refractivity contribution in [1.29, 1.82) is 0 Å². The van der Waals surface area contributed by atoms with Gasteiger partial charge in [0.25, 0.3) is 5.91 Å². The summed E-state index contributed by atoms with van der Waals surface area (Å²) >= 11 is 5.09. The summed E-state index contributed by atoms with van der Waals surface area (Å²) in [5.41, 5.74) is 0.744. The Kier molecular flexibility index (Phi) is 4.47. The number of amides is 1. The number of hydrogen-bond acceptors (Lipinski definition) is 2. The van der Waals surface area contributed by atoms with Crippen LogP contribution in [0.4, 0.5) is 0 Å². The molecule has 5 heteroatoms. The zero-order valence-electron chi connectivity index (χ0n) is 11.3. The molecule has 2 aromatic heterocycles. The maximum absolute atomic E-state index is 12.4. The lowest BCUT2D eigenvalue weighted by Crippen LogP contribution is -2.28. The molecule has 19 heavy (non-hydrogen) atoms. The van der Waals surface area contributed by atoms with Crippen LogP contribution in [-0.2, 0) is 6.54 Å². The highest BCUT2D eigenvalue weighted by Crippen LogP contribution is 2.21. The largest absolute Gasteiger partial charge is 0.341 e. The number of halogens is 1. The Morgan fingerprint density at radius 2 is 2.26 bits per heavy atom. The molecule has 102 valence electrons. The van der Waals surface area contributed by atoms with E-state index in [0.29, 0.717) is 12.6 Å². The van der Waals surface area contributed by atoms with Gasteiger partial charge in [-0.25, -0.2) is 0 Å². The van der Waals surface area contributed by atoms with Gasteiger partial charge in [0.1, 0.15) is 5.69 Å². The summed E-state index contributed by atoms with van der Waals surface area (Å²) in [5.74, 6) is 0.0585. The first kappa shape index (κ1) is 14.3. The minimum Gasteiger partial charge on any atom is -0.341 e. The standard InChI is InChI=1S/C14H17BrN2OS/c1-10(2)17-6-4-5-13(17)14(18)16(3)8-12-7-11(15)9-19-12/h4-7,9-10H,8H2,1-3H3. The van der Waals surface area contributed by atoms with Crippen molar-refractivity contribution in [2.75, 3.05) is 7.05 Å². The Balaban J connectivity index is 2.12. The fourth-order valence-corrected chi connectivity index (χ4v) is 3.47. The van der Waals surface area contributed by atoms with Crippen LogP contribution in [0.15, 0.2) is 34.2 Å².